The number of hydrogen-bond acceptors (Lipinski definition) is 5. The summed E-state index contributed by atoms with van der Waals surface area (Å²) in [7, 11) is 0. The molecule has 1 aromatic carbocycles. The van der Waals surface area contributed by atoms with Crippen LogP contribution in [0.5, 0.6) is 0 Å². The van der Waals surface area contributed by atoms with Crippen molar-refractivity contribution in [1.29, 1.82) is 0 Å². The fourth-order valence-corrected chi connectivity index (χ4v) is 4.06. The Hall–Kier alpha value is -1.01. The van der Waals surface area contributed by atoms with E-state index in [4.69, 9.17) is 14.8 Å². The molecule has 1 aliphatic heterocycles. The molecule has 0 bridgehead atoms. The second kappa shape index (κ2) is 7.31. The summed E-state index contributed by atoms with van der Waals surface area (Å²) in [6, 6.07) is 8.79. The lowest BCUT2D eigenvalue weighted by Gasteiger charge is -2.34. The van der Waals surface area contributed by atoms with Crippen molar-refractivity contribution in [2.24, 2.45) is 0 Å². The van der Waals surface area contributed by atoms with Crippen molar-refractivity contribution < 1.29 is 9.84 Å². The van der Waals surface area contributed by atoms with Crippen LogP contribution in [0.1, 0.15) is 30.3 Å². The van der Waals surface area contributed by atoms with Crippen LogP contribution in [0.25, 0.3) is 10.2 Å². The quantitative estimate of drug-likeness (QED) is 0.834. The van der Waals surface area contributed by atoms with Gasteiger partial charge in [0.05, 0.1) is 36.1 Å². The van der Waals surface area contributed by atoms with Gasteiger partial charge in [-0.1, -0.05) is 18.6 Å². The highest BCUT2D eigenvalue weighted by Crippen LogP contribution is 2.35. The maximum Gasteiger partial charge on any atom is 0.111 e. The van der Waals surface area contributed by atoms with E-state index in [0.717, 1.165) is 18.6 Å². The number of benzene rings is 1. The Bertz CT molecular complexity index is 539. The average Bonchev–Trinajstić information content (AvgIpc) is 2.96. The molecule has 1 N–H and O–H groups in total. The molecule has 5 heteroatoms. The van der Waals surface area contributed by atoms with Gasteiger partial charge in [-0.15, -0.1) is 11.3 Å². The summed E-state index contributed by atoms with van der Waals surface area (Å²) in [6.07, 6.45) is 3.70. The summed E-state index contributed by atoms with van der Waals surface area (Å²) in [5.41, 5.74) is 1.11. The first-order chi connectivity index (χ1) is 10.4. The molecule has 114 valence electrons. The van der Waals surface area contributed by atoms with Gasteiger partial charge < -0.3 is 9.84 Å². The largest absolute Gasteiger partial charge is 0.394 e. The zero-order valence-corrected chi connectivity index (χ0v) is 13.0. The van der Waals surface area contributed by atoms with E-state index in [1.165, 1.54) is 29.0 Å². The third-order valence-corrected chi connectivity index (χ3v) is 5.11. The van der Waals surface area contributed by atoms with Crippen LogP contribution in [0.15, 0.2) is 24.3 Å². The van der Waals surface area contributed by atoms with Crippen molar-refractivity contribution in [2.75, 3.05) is 32.9 Å². The Morgan fingerprint density at radius 3 is 3.05 bits per heavy atom. The lowest BCUT2D eigenvalue weighted by molar-refractivity contribution is 0.0532. The molecule has 4 nitrogen and oxygen atoms in total. The van der Waals surface area contributed by atoms with Gasteiger partial charge in [-0.05, 0) is 31.5 Å². The number of fused-ring (bicyclic) bond motifs is 1. The first-order valence-electron chi connectivity index (χ1n) is 7.66. The van der Waals surface area contributed by atoms with Crippen molar-refractivity contribution in [3.63, 3.8) is 0 Å². The average molecular weight is 306 g/mol. The third-order valence-electron chi connectivity index (χ3n) is 3.97. The smallest absolute Gasteiger partial charge is 0.111 e. The van der Waals surface area contributed by atoms with Crippen LogP contribution in [-0.4, -0.2) is 47.9 Å². The highest BCUT2D eigenvalue weighted by molar-refractivity contribution is 7.18. The van der Waals surface area contributed by atoms with Crippen molar-refractivity contribution in [3.05, 3.63) is 29.3 Å². The molecule has 1 saturated heterocycles. The number of thiazole rings is 1. The molecular weight excluding hydrogens is 284 g/mol. The number of hydrogen-bond donors (Lipinski definition) is 1. The number of aromatic nitrogens is 1. The highest BCUT2D eigenvalue weighted by Gasteiger charge is 2.26. The van der Waals surface area contributed by atoms with Crippen LogP contribution >= 0.6 is 11.3 Å². The maximum atomic E-state index is 8.77. The van der Waals surface area contributed by atoms with Crippen LogP contribution < -0.4 is 0 Å². The summed E-state index contributed by atoms with van der Waals surface area (Å²) in [5.74, 6) is 0. The molecule has 2 heterocycles. The van der Waals surface area contributed by atoms with Crippen LogP contribution in [0, 0.1) is 0 Å². The van der Waals surface area contributed by atoms with Crippen molar-refractivity contribution >= 4 is 21.6 Å². The number of likely N-dealkylation sites (tertiary alicyclic amines) is 1. The summed E-state index contributed by atoms with van der Waals surface area (Å²) >= 11 is 1.82. The van der Waals surface area contributed by atoms with Gasteiger partial charge in [0, 0.05) is 6.54 Å². The van der Waals surface area contributed by atoms with Gasteiger partial charge in [0.1, 0.15) is 5.01 Å². The molecule has 21 heavy (non-hydrogen) atoms. The van der Waals surface area contributed by atoms with Crippen LogP contribution in [0.3, 0.4) is 0 Å². The zero-order valence-electron chi connectivity index (χ0n) is 12.2. The Balaban J connectivity index is 1.70. The fraction of sp³-hybridized carbons (Fsp3) is 0.562. The van der Waals surface area contributed by atoms with Gasteiger partial charge in [-0.2, -0.15) is 0 Å². The van der Waals surface area contributed by atoms with E-state index in [1.807, 2.05) is 17.4 Å². The summed E-state index contributed by atoms with van der Waals surface area (Å²) in [4.78, 5) is 7.31. The van der Waals surface area contributed by atoms with Gasteiger partial charge in [-0.25, -0.2) is 4.98 Å². The SMILES string of the molecule is OCCOCCN1CCCCC1c1nc2ccccc2s1. The van der Waals surface area contributed by atoms with E-state index in [1.54, 1.807) is 0 Å². The second-order valence-corrected chi connectivity index (χ2v) is 6.47. The Morgan fingerprint density at radius 1 is 1.29 bits per heavy atom. The molecule has 0 spiro atoms. The van der Waals surface area contributed by atoms with E-state index in [-0.39, 0.29) is 6.61 Å². The minimum atomic E-state index is 0.0985. The molecule has 1 unspecified atom stereocenters. The lowest BCUT2D eigenvalue weighted by atomic mass is 10.0. The molecule has 1 aliphatic rings. The van der Waals surface area contributed by atoms with E-state index < -0.39 is 0 Å². The molecule has 1 aromatic heterocycles. The molecule has 1 atom stereocenters. The lowest BCUT2D eigenvalue weighted by Crippen LogP contribution is -2.36. The summed E-state index contributed by atoms with van der Waals surface area (Å²) < 4.78 is 6.69. The molecule has 3 rings (SSSR count). The van der Waals surface area contributed by atoms with Crippen molar-refractivity contribution in [1.82, 2.24) is 9.88 Å². The predicted molar refractivity (Wildman–Crippen MR) is 85.7 cm³/mol. The minimum Gasteiger partial charge on any atom is -0.394 e. The second-order valence-electron chi connectivity index (χ2n) is 5.40. The van der Waals surface area contributed by atoms with E-state index >= 15 is 0 Å². The van der Waals surface area contributed by atoms with Crippen LogP contribution in [0.2, 0.25) is 0 Å². The number of ether oxygens (including phenoxy) is 1. The monoisotopic (exact) mass is 306 g/mol. The first kappa shape index (κ1) is 14.9. The Labute approximate surface area is 129 Å². The standard InChI is InChI=1S/C16H22N2O2S/c19-10-12-20-11-9-18-8-4-3-6-14(18)16-17-13-5-1-2-7-15(13)21-16/h1-2,5,7,14,19H,3-4,6,8-12H2. The molecule has 0 aliphatic carbocycles. The summed E-state index contributed by atoms with van der Waals surface area (Å²) in [5, 5.41) is 10.0. The number of aliphatic hydroxyl groups is 1. The number of rotatable bonds is 6. The first-order valence-corrected chi connectivity index (χ1v) is 8.48. The predicted octanol–water partition coefficient (Wildman–Crippen LogP) is 2.83. The third kappa shape index (κ3) is 3.61. The number of nitrogens with zero attached hydrogens (tertiary/aromatic N) is 2. The normalized spacial score (nSPS) is 20.1. The number of piperidine rings is 1. The Kier molecular flexibility index (Phi) is 5.19. The van der Waals surface area contributed by atoms with Gasteiger partial charge in [-0.3, -0.25) is 4.90 Å². The van der Waals surface area contributed by atoms with E-state index in [9.17, 15) is 0 Å². The van der Waals surface area contributed by atoms with Gasteiger partial charge in [0.25, 0.3) is 0 Å². The molecule has 0 saturated carbocycles. The molecule has 2 aromatic rings. The van der Waals surface area contributed by atoms with Crippen molar-refractivity contribution in [2.45, 2.75) is 25.3 Å². The van der Waals surface area contributed by atoms with Crippen LogP contribution in [0.4, 0.5) is 0 Å². The van der Waals surface area contributed by atoms with Gasteiger partial charge in [0.15, 0.2) is 0 Å². The Morgan fingerprint density at radius 2 is 2.19 bits per heavy atom. The van der Waals surface area contributed by atoms with Crippen LogP contribution in [-0.2, 0) is 4.74 Å². The zero-order chi connectivity index (χ0) is 14.5. The maximum absolute atomic E-state index is 8.77. The topological polar surface area (TPSA) is 45.6 Å². The molecular formula is C16H22N2O2S. The number of aliphatic hydroxyl groups excluding tert-OH is 1. The van der Waals surface area contributed by atoms with E-state index in [0.29, 0.717) is 19.3 Å². The minimum absolute atomic E-state index is 0.0985. The summed E-state index contributed by atoms with van der Waals surface area (Å²) in [6.45, 7) is 3.24. The molecule has 0 radical (unpaired) electrons. The molecule has 0 amide bonds. The molecule has 1 fully saturated rings. The highest BCUT2D eigenvalue weighted by atomic mass is 32.1. The van der Waals surface area contributed by atoms with Crippen molar-refractivity contribution in [3.8, 4) is 0 Å². The fourth-order valence-electron chi connectivity index (χ4n) is 2.92. The van der Waals surface area contributed by atoms with Gasteiger partial charge >= 0.3 is 0 Å². The van der Waals surface area contributed by atoms with Gasteiger partial charge in [0.2, 0.25) is 0 Å². The van der Waals surface area contributed by atoms with E-state index in [2.05, 4.69) is 23.1 Å². The number of para-hydroxylation sites is 1.